The van der Waals surface area contributed by atoms with Gasteiger partial charge in [-0.2, -0.15) is 0 Å². The van der Waals surface area contributed by atoms with Crippen molar-refractivity contribution in [3.8, 4) is 5.75 Å². The van der Waals surface area contributed by atoms with Crippen molar-refractivity contribution in [2.24, 2.45) is 5.73 Å². The van der Waals surface area contributed by atoms with Crippen LogP contribution in [-0.2, 0) is 6.54 Å². The summed E-state index contributed by atoms with van der Waals surface area (Å²) in [6.45, 7) is 3.31. The van der Waals surface area contributed by atoms with Crippen LogP contribution in [-0.4, -0.2) is 18.6 Å². The molecule has 0 bridgehead atoms. The van der Waals surface area contributed by atoms with Gasteiger partial charge in [-0.3, -0.25) is 0 Å². The molecule has 0 aliphatic carbocycles. The van der Waals surface area contributed by atoms with Gasteiger partial charge >= 0.3 is 0 Å². The molecule has 0 atom stereocenters. The van der Waals surface area contributed by atoms with Crippen LogP contribution in [0.2, 0.25) is 0 Å². The van der Waals surface area contributed by atoms with E-state index in [0.29, 0.717) is 13.2 Å². The monoisotopic (exact) mass is 271 g/mol. The number of anilines is 2. The third-order valence-electron chi connectivity index (χ3n) is 3.06. The molecule has 4 heteroatoms. The highest BCUT2D eigenvalue weighted by molar-refractivity contribution is 5.65. The molecule has 0 saturated carbocycles. The van der Waals surface area contributed by atoms with E-state index in [4.69, 9.17) is 10.5 Å². The van der Waals surface area contributed by atoms with E-state index in [0.717, 1.165) is 29.2 Å². The second-order valence-electron chi connectivity index (χ2n) is 4.61. The van der Waals surface area contributed by atoms with Crippen LogP contribution in [0.3, 0.4) is 0 Å². The van der Waals surface area contributed by atoms with Crippen molar-refractivity contribution < 1.29 is 4.74 Å². The number of hydrogen-bond acceptors (Lipinski definition) is 4. The number of nitrogens with two attached hydrogens (primary N) is 1. The zero-order valence-electron chi connectivity index (χ0n) is 12.0. The lowest BCUT2D eigenvalue weighted by Crippen LogP contribution is -2.13. The Kier molecular flexibility index (Phi) is 4.96. The van der Waals surface area contributed by atoms with Gasteiger partial charge in [-0.05, 0) is 36.2 Å². The van der Waals surface area contributed by atoms with Crippen LogP contribution < -0.4 is 15.4 Å². The Hall–Kier alpha value is -2.07. The molecule has 2 N–H and O–H groups in total. The van der Waals surface area contributed by atoms with Gasteiger partial charge in [0.2, 0.25) is 0 Å². The van der Waals surface area contributed by atoms with Crippen LogP contribution in [0.15, 0.2) is 42.6 Å². The van der Waals surface area contributed by atoms with Crippen LogP contribution in [0.5, 0.6) is 5.75 Å². The SMILES string of the molecule is CCCOc1cccnc1N(C)c1cccc(CN)c1. The molecule has 1 aromatic carbocycles. The molecule has 106 valence electrons. The van der Waals surface area contributed by atoms with Gasteiger partial charge in [-0.15, -0.1) is 0 Å². The molecule has 1 aromatic heterocycles. The van der Waals surface area contributed by atoms with Crippen LogP contribution in [0, 0.1) is 0 Å². The van der Waals surface area contributed by atoms with Crippen molar-refractivity contribution >= 4 is 11.5 Å². The highest BCUT2D eigenvalue weighted by Crippen LogP contribution is 2.30. The van der Waals surface area contributed by atoms with Crippen molar-refractivity contribution in [2.45, 2.75) is 19.9 Å². The lowest BCUT2D eigenvalue weighted by atomic mass is 10.2. The first-order chi connectivity index (χ1) is 9.76. The van der Waals surface area contributed by atoms with Gasteiger partial charge in [0.15, 0.2) is 11.6 Å². The van der Waals surface area contributed by atoms with E-state index >= 15 is 0 Å². The summed E-state index contributed by atoms with van der Waals surface area (Å²) >= 11 is 0. The molecule has 2 aromatic rings. The maximum Gasteiger partial charge on any atom is 0.175 e. The van der Waals surface area contributed by atoms with E-state index < -0.39 is 0 Å². The summed E-state index contributed by atoms with van der Waals surface area (Å²) in [4.78, 5) is 6.45. The summed E-state index contributed by atoms with van der Waals surface area (Å²) in [5.41, 5.74) is 7.84. The maximum atomic E-state index is 5.76. The zero-order valence-corrected chi connectivity index (χ0v) is 12.0. The molecule has 4 nitrogen and oxygen atoms in total. The Morgan fingerprint density at radius 1 is 1.25 bits per heavy atom. The van der Waals surface area contributed by atoms with Crippen LogP contribution in [0.25, 0.3) is 0 Å². The van der Waals surface area contributed by atoms with Crippen molar-refractivity contribution in [1.29, 1.82) is 0 Å². The summed E-state index contributed by atoms with van der Waals surface area (Å²) in [7, 11) is 1.98. The predicted molar refractivity (Wildman–Crippen MR) is 82.4 cm³/mol. The van der Waals surface area contributed by atoms with E-state index in [1.165, 1.54) is 0 Å². The third kappa shape index (κ3) is 3.27. The van der Waals surface area contributed by atoms with E-state index in [2.05, 4.69) is 18.0 Å². The molecule has 0 spiro atoms. The molecule has 0 amide bonds. The fraction of sp³-hybridized carbons (Fsp3) is 0.312. The Morgan fingerprint density at radius 3 is 2.85 bits per heavy atom. The topological polar surface area (TPSA) is 51.4 Å². The van der Waals surface area contributed by atoms with Gasteiger partial charge in [-0.1, -0.05) is 19.1 Å². The fourth-order valence-electron chi connectivity index (χ4n) is 1.97. The normalized spacial score (nSPS) is 10.3. The minimum absolute atomic E-state index is 0.531. The van der Waals surface area contributed by atoms with Gasteiger partial charge in [0.25, 0.3) is 0 Å². The standard InChI is InChI=1S/C16H21N3O/c1-3-10-20-15-8-5-9-18-16(15)19(2)14-7-4-6-13(11-14)12-17/h4-9,11H,3,10,12,17H2,1-2H3. The number of nitrogens with zero attached hydrogens (tertiary/aromatic N) is 2. The Bertz CT molecular complexity index is 557. The number of hydrogen-bond donors (Lipinski definition) is 1. The Morgan fingerprint density at radius 2 is 2.10 bits per heavy atom. The summed E-state index contributed by atoms with van der Waals surface area (Å²) in [5, 5.41) is 0. The molecule has 0 aliphatic heterocycles. The molecule has 0 saturated heterocycles. The average molecular weight is 271 g/mol. The molecule has 0 fully saturated rings. The van der Waals surface area contributed by atoms with Crippen molar-refractivity contribution in [2.75, 3.05) is 18.6 Å². The van der Waals surface area contributed by atoms with Gasteiger partial charge in [-0.25, -0.2) is 4.98 Å². The first-order valence-corrected chi connectivity index (χ1v) is 6.86. The first-order valence-electron chi connectivity index (χ1n) is 6.86. The first kappa shape index (κ1) is 14.3. The zero-order chi connectivity index (χ0) is 14.4. The number of ether oxygens (including phenoxy) is 1. The number of benzene rings is 1. The van der Waals surface area contributed by atoms with Gasteiger partial charge in [0.05, 0.1) is 6.61 Å². The third-order valence-corrected chi connectivity index (χ3v) is 3.06. The minimum atomic E-state index is 0.531. The molecular weight excluding hydrogens is 250 g/mol. The number of aromatic nitrogens is 1. The van der Waals surface area contributed by atoms with Crippen molar-refractivity contribution in [3.63, 3.8) is 0 Å². The maximum absolute atomic E-state index is 5.76. The summed E-state index contributed by atoms with van der Waals surface area (Å²) in [6.07, 6.45) is 2.75. The lowest BCUT2D eigenvalue weighted by Gasteiger charge is -2.21. The van der Waals surface area contributed by atoms with Gasteiger partial charge in [0, 0.05) is 25.5 Å². The van der Waals surface area contributed by atoms with Crippen molar-refractivity contribution in [1.82, 2.24) is 4.98 Å². The Labute approximate surface area is 120 Å². The summed E-state index contributed by atoms with van der Waals surface area (Å²) in [6, 6.07) is 12.0. The highest BCUT2D eigenvalue weighted by atomic mass is 16.5. The second kappa shape index (κ2) is 6.91. The second-order valence-corrected chi connectivity index (χ2v) is 4.61. The van der Waals surface area contributed by atoms with E-state index in [9.17, 15) is 0 Å². The average Bonchev–Trinajstić information content (AvgIpc) is 2.52. The largest absolute Gasteiger partial charge is 0.490 e. The number of pyridine rings is 1. The molecule has 0 unspecified atom stereocenters. The smallest absolute Gasteiger partial charge is 0.175 e. The minimum Gasteiger partial charge on any atom is -0.490 e. The molecular formula is C16H21N3O. The molecule has 1 heterocycles. The molecule has 0 aliphatic rings. The van der Waals surface area contributed by atoms with Gasteiger partial charge in [0.1, 0.15) is 0 Å². The van der Waals surface area contributed by atoms with E-state index in [1.807, 2.05) is 42.3 Å². The fourth-order valence-corrected chi connectivity index (χ4v) is 1.97. The highest BCUT2D eigenvalue weighted by Gasteiger charge is 2.11. The van der Waals surface area contributed by atoms with E-state index in [1.54, 1.807) is 6.20 Å². The van der Waals surface area contributed by atoms with E-state index in [-0.39, 0.29) is 0 Å². The quantitative estimate of drug-likeness (QED) is 0.877. The summed E-state index contributed by atoms with van der Waals surface area (Å²) < 4.78 is 5.76. The van der Waals surface area contributed by atoms with Crippen LogP contribution in [0.4, 0.5) is 11.5 Å². The molecule has 0 radical (unpaired) electrons. The van der Waals surface area contributed by atoms with Crippen LogP contribution in [0.1, 0.15) is 18.9 Å². The summed E-state index contributed by atoms with van der Waals surface area (Å²) in [5.74, 6) is 1.62. The predicted octanol–water partition coefficient (Wildman–Crippen LogP) is 3.10. The van der Waals surface area contributed by atoms with Crippen LogP contribution >= 0.6 is 0 Å². The number of rotatable bonds is 6. The lowest BCUT2D eigenvalue weighted by molar-refractivity contribution is 0.317. The van der Waals surface area contributed by atoms with Gasteiger partial charge < -0.3 is 15.4 Å². The Balaban J connectivity index is 2.29. The molecule has 2 rings (SSSR count). The van der Waals surface area contributed by atoms with Crippen molar-refractivity contribution in [3.05, 3.63) is 48.2 Å². The molecule has 20 heavy (non-hydrogen) atoms.